The zero-order chi connectivity index (χ0) is 19.5. The van der Waals surface area contributed by atoms with Gasteiger partial charge in [-0.3, -0.25) is 4.79 Å². The summed E-state index contributed by atoms with van der Waals surface area (Å²) >= 11 is 0. The molecule has 6 nitrogen and oxygen atoms in total. The quantitative estimate of drug-likeness (QED) is 0.423. The van der Waals surface area contributed by atoms with Gasteiger partial charge >= 0.3 is 0 Å². The minimum Gasteiger partial charge on any atom is -0.506 e. The standard InChI is InChI=1S/C22H17N3O3/c1-28-17-10-8-16(9-11-17)21(26)12-6-15-7-13-22(27)20(14-15)25-23-18-4-2-3-5-19(18)24-25/h2-14,27H,1H3/b12-6+. The molecular weight excluding hydrogens is 354 g/mol. The number of benzene rings is 3. The second kappa shape index (κ2) is 7.36. The number of hydrogen-bond acceptors (Lipinski definition) is 5. The van der Waals surface area contributed by atoms with Crippen LogP contribution < -0.4 is 4.74 Å². The van der Waals surface area contributed by atoms with Gasteiger partial charge in [-0.15, -0.1) is 15.0 Å². The topological polar surface area (TPSA) is 77.2 Å². The van der Waals surface area contributed by atoms with Crippen molar-refractivity contribution in [1.29, 1.82) is 0 Å². The lowest BCUT2D eigenvalue weighted by Gasteiger charge is -2.04. The van der Waals surface area contributed by atoms with Gasteiger partial charge < -0.3 is 9.84 Å². The van der Waals surface area contributed by atoms with Crippen LogP contribution in [0.2, 0.25) is 0 Å². The molecule has 0 fully saturated rings. The lowest BCUT2D eigenvalue weighted by Crippen LogP contribution is -1.99. The smallest absolute Gasteiger partial charge is 0.185 e. The first kappa shape index (κ1) is 17.5. The Morgan fingerprint density at radius 3 is 2.32 bits per heavy atom. The first-order valence-electron chi connectivity index (χ1n) is 8.66. The summed E-state index contributed by atoms with van der Waals surface area (Å²) in [5.41, 5.74) is 3.22. The van der Waals surface area contributed by atoms with E-state index in [4.69, 9.17) is 4.74 Å². The number of nitrogens with zero attached hydrogens (tertiary/aromatic N) is 3. The Bertz CT molecular complexity index is 1140. The first-order valence-corrected chi connectivity index (χ1v) is 8.66. The average Bonchev–Trinajstić information content (AvgIpc) is 3.17. The van der Waals surface area contributed by atoms with Crippen molar-refractivity contribution >= 4 is 22.9 Å². The van der Waals surface area contributed by atoms with Gasteiger partial charge in [-0.2, -0.15) is 0 Å². The van der Waals surface area contributed by atoms with Gasteiger partial charge in [0, 0.05) is 5.56 Å². The summed E-state index contributed by atoms with van der Waals surface area (Å²) in [4.78, 5) is 13.7. The highest BCUT2D eigenvalue weighted by atomic mass is 16.5. The maximum absolute atomic E-state index is 12.4. The van der Waals surface area contributed by atoms with E-state index in [0.29, 0.717) is 17.0 Å². The lowest BCUT2D eigenvalue weighted by atomic mass is 10.1. The number of rotatable bonds is 5. The third-order valence-corrected chi connectivity index (χ3v) is 4.30. The molecule has 6 heteroatoms. The fraction of sp³-hybridized carbons (Fsp3) is 0.0455. The van der Waals surface area contributed by atoms with E-state index in [9.17, 15) is 9.90 Å². The number of carbonyl (C=O) groups excluding carboxylic acids is 1. The van der Waals surface area contributed by atoms with Gasteiger partial charge in [-0.25, -0.2) is 0 Å². The third-order valence-electron chi connectivity index (χ3n) is 4.30. The number of allylic oxidation sites excluding steroid dienone is 1. The molecule has 3 aromatic carbocycles. The number of ether oxygens (including phenoxy) is 1. The number of ketones is 1. The Hall–Kier alpha value is -3.93. The van der Waals surface area contributed by atoms with Crippen LogP contribution in [0.15, 0.2) is 72.8 Å². The number of methoxy groups -OCH3 is 1. The van der Waals surface area contributed by atoms with Crippen molar-refractivity contribution in [2.45, 2.75) is 0 Å². The van der Waals surface area contributed by atoms with Crippen molar-refractivity contribution in [1.82, 2.24) is 15.0 Å². The van der Waals surface area contributed by atoms with Gasteiger partial charge in [-0.1, -0.05) is 24.3 Å². The third kappa shape index (κ3) is 3.48. The van der Waals surface area contributed by atoms with Crippen molar-refractivity contribution in [3.8, 4) is 17.2 Å². The van der Waals surface area contributed by atoms with Crippen LogP contribution in [-0.4, -0.2) is 33.0 Å². The van der Waals surface area contributed by atoms with Gasteiger partial charge in [0.05, 0.1) is 7.11 Å². The highest BCUT2D eigenvalue weighted by Gasteiger charge is 2.09. The number of aromatic nitrogens is 3. The Morgan fingerprint density at radius 1 is 1.00 bits per heavy atom. The van der Waals surface area contributed by atoms with Crippen molar-refractivity contribution in [3.05, 3.63) is 83.9 Å². The van der Waals surface area contributed by atoms with Crippen molar-refractivity contribution in [2.24, 2.45) is 0 Å². The van der Waals surface area contributed by atoms with Crippen LogP contribution in [0.5, 0.6) is 11.5 Å². The van der Waals surface area contributed by atoms with Crippen LogP contribution in [0.3, 0.4) is 0 Å². The van der Waals surface area contributed by atoms with E-state index in [1.165, 1.54) is 10.9 Å². The monoisotopic (exact) mass is 371 g/mol. The summed E-state index contributed by atoms with van der Waals surface area (Å²) in [6.07, 6.45) is 3.18. The molecule has 0 bridgehead atoms. The zero-order valence-corrected chi connectivity index (χ0v) is 15.1. The average molecular weight is 371 g/mol. The molecule has 138 valence electrons. The van der Waals surface area contributed by atoms with E-state index in [2.05, 4.69) is 10.2 Å². The summed E-state index contributed by atoms with van der Waals surface area (Å²) in [6.45, 7) is 0. The van der Waals surface area contributed by atoms with Gasteiger partial charge in [0.15, 0.2) is 5.78 Å². The molecule has 1 aromatic heterocycles. The van der Waals surface area contributed by atoms with Gasteiger partial charge in [0.1, 0.15) is 28.2 Å². The molecule has 4 aromatic rings. The minimum absolute atomic E-state index is 0.0546. The largest absolute Gasteiger partial charge is 0.506 e. The summed E-state index contributed by atoms with van der Waals surface area (Å²) in [6, 6.07) is 19.4. The number of aromatic hydroxyl groups is 1. The summed E-state index contributed by atoms with van der Waals surface area (Å²) in [5.74, 6) is 0.627. The number of phenolic OH excluding ortho intramolecular Hbond substituents is 1. The van der Waals surface area contributed by atoms with Gasteiger partial charge in [0.2, 0.25) is 0 Å². The molecule has 0 aliphatic heterocycles. The van der Waals surface area contributed by atoms with E-state index in [0.717, 1.165) is 16.6 Å². The van der Waals surface area contributed by atoms with E-state index in [1.54, 1.807) is 55.7 Å². The second-order valence-corrected chi connectivity index (χ2v) is 6.15. The SMILES string of the molecule is COc1ccc(C(=O)/C=C/c2ccc(O)c(-n3nc4ccccc4n3)c2)cc1. The Kier molecular flexibility index (Phi) is 4.60. The summed E-state index contributed by atoms with van der Waals surface area (Å²) < 4.78 is 5.10. The lowest BCUT2D eigenvalue weighted by molar-refractivity contribution is 0.104. The van der Waals surface area contributed by atoms with Gasteiger partial charge in [-0.05, 0) is 60.2 Å². The Balaban J connectivity index is 1.61. The summed E-state index contributed by atoms with van der Waals surface area (Å²) in [5, 5.41) is 19.0. The zero-order valence-electron chi connectivity index (χ0n) is 15.1. The molecule has 0 amide bonds. The molecule has 0 atom stereocenters. The molecule has 0 radical (unpaired) electrons. The second-order valence-electron chi connectivity index (χ2n) is 6.15. The molecule has 0 aliphatic carbocycles. The van der Waals surface area contributed by atoms with Crippen LogP contribution in [0.1, 0.15) is 15.9 Å². The number of hydrogen-bond donors (Lipinski definition) is 1. The normalized spacial score (nSPS) is 11.2. The highest BCUT2D eigenvalue weighted by Crippen LogP contribution is 2.24. The molecule has 1 N–H and O–H groups in total. The highest BCUT2D eigenvalue weighted by molar-refractivity contribution is 6.06. The fourth-order valence-corrected chi connectivity index (χ4v) is 2.80. The van der Waals surface area contributed by atoms with E-state index in [-0.39, 0.29) is 11.5 Å². The molecule has 0 spiro atoms. The molecule has 4 rings (SSSR count). The fourth-order valence-electron chi connectivity index (χ4n) is 2.80. The Morgan fingerprint density at radius 2 is 1.68 bits per heavy atom. The molecule has 0 aliphatic rings. The summed E-state index contributed by atoms with van der Waals surface area (Å²) in [7, 11) is 1.58. The Labute approximate surface area is 161 Å². The van der Waals surface area contributed by atoms with E-state index >= 15 is 0 Å². The predicted molar refractivity (Wildman–Crippen MR) is 107 cm³/mol. The minimum atomic E-state index is -0.125. The predicted octanol–water partition coefficient (Wildman–Crippen LogP) is 4.03. The van der Waals surface area contributed by atoms with Gasteiger partial charge in [0.25, 0.3) is 0 Å². The number of phenols is 1. The van der Waals surface area contributed by atoms with Crippen LogP contribution in [0.4, 0.5) is 0 Å². The van der Waals surface area contributed by atoms with Crippen LogP contribution in [-0.2, 0) is 0 Å². The van der Waals surface area contributed by atoms with Crippen LogP contribution >= 0.6 is 0 Å². The van der Waals surface area contributed by atoms with Crippen LogP contribution in [0.25, 0.3) is 22.8 Å². The maximum Gasteiger partial charge on any atom is 0.185 e. The van der Waals surface area contributed by atoms with Crippen molar-refractivity contribution < 1.29 is 14.6 Å². The molecule has 0 saturated carbocycles. The number of fused-ring (bicyclic) bond motifs is 1. The molecule has 28 heavy (non-hydrogen) atoms. The molecule has 0 saturated heterocycles. The van der Waals surface area contributed by atoms with Crippen LogP contribution in [0, 0.1) is 0 Å². The first-order chi connectivity index (χ1) is 13.6. The van der Waals surface area contributed by atoms with Crippen molar-refractivity contribution in [3.63, 3.8) is 0 Å². The number of carbonyl (C=O) groups is 1. The van der Waals surface area contributed by atoms with E-state index < -0.39 is 0 Å². The van der Waals surface area contributed by atoms with Crippen molar-refractivity contribution in [2.75, 3.05) is 7.11 Å². The van der Waals surface area contributed by atoms with E-state index in [1.807, 2.05) is 24.3 Å². The molecule has 1 heterocycles. The maximum atomic E-state index is 12.4. The molecular formula is C22H17N3O3. The molecule has 0 unspecified atom stereocenters.